The summed E-state index contributed by atoms with van der Waals surface area (Å²) in [5.74, 6) is -2.68. The van der Waals surface area contributed by atoms with E-state index in [1.807, 2.05) is 6.92 Å². The molecule has 0 aromatic heterocycles. The van der Waals surface area contributed by atoms with Crippen molar-refractivity contribution in [3.63, 3.8) is 0 Å². The predicted octanol–water partition coefficient (Wildman–Crippen LogP) is 2.51. The molecule has 43 heavy (non-hydrogen) atoms. The lowest BCUT2D eigenvalue weighted by Crippen LogP contribution is -2.41. The minimum atomic E-state index is -1.04. The lowest BCUT2D eigenvalue weighted by molar-refractivity contribution is -0.120. The average molecular weight is 604 g/mol. The topological polar surface area (TPSA) is 196 Å². The van der Waals surface area contributed by atoms with Gasteiger partial charge in [0.25, 0.3) is 5.91 Å². The highest BCUT2D eigenvalue weighted by molar-refractivity contribution is 6.23. The molecule has 6 atom stereocenters. The Balaban J connectivity index is 2.70. The molecule has 0 spiro atoms. The van der Waals surface area contributed by atoms with Crippen LogP contribution in [-0.2, 0) is 38.1 Å². The van der Waals surface area contributed by atoms with Gasteiger partial charge in [0, 0.05) is 37.4 Å². The van der Waals surface area contributed by atoms with Crippen molar-refractivity contribution < 1.29 is 47.7 Å². The fourth-order valence-electron chi connectivity index (χ4n) is 5.09. The first-order valence-electron chi connectivity index (χ1n) is 13.6. The van der Waals surface area contributed by atoms with Crippen molar-refractivity contribution in [3.05, 3.63) is 58.6 Å². The van der Waals surface area contributed by atoms with E-state index in [1.54, 1.807) is 26.0 Å². The maximum atomic E-state index is 13.4. The van der Waals surface area contributed by atoms with Crippen LogP contribution in [0.25, 0.3) is 0 Å². The van der Waals surface area contributed by atoms with Gasteiger partial charge in [0.05, 0.1) is 18.9 Å². The zero-order chi connectivity index (χ0) is 32.4. The van der Waals surface area contributed by atoms with Crippen LogP contribution in [0.4, 0.5) is 9.59 Å². The monoisotopic (exact) mass is 603 g/mol. The van der Waals surface area contributed by atoms with Crippen LogP contribution in [0.2, 0.25) is 0 Å². The maximum Gasteiger partial charge on any atom is 0.405 e. The van der Waals surface area contributed by atoms with Crippen LogP contribution in [0.15, 0.2) is 58.6 Å². The number of nitrogens with two attached hydrogens (primary N) is 2. The van der Waals surface area contributed by atoms with Crippen molar-refractivity contribution in [3.8, 4) is 0 Å². The van der Waals surface area contributed by atoms with Crippen molar-refractivity contribution >= 4 is 29.7 Å². The highest BCUT2D eigenvalue weighted by Gasteiger charge is 2.35. The predicted molar refractivity (Wildman–Crippen MR) is 155 cm³/mol. The van der Waals surface area contributed by atoms with Crippen molar-refractivity contribution in [2.24, 2.45) is 23.3 Å². The fraction of sp³-hybridized carbons (Fsp3) is 0.500. The third-order valence-corrected chi connectivity index (χ3v) is 7.16. The molecule has 236 valence electrons. The van der Waals surface area contributed by atoms with Crippen LogP contribution >= 0.6 is 0 Å². The van der Waals surface area contributed by atoms with Gasteiger partial charge in [0.2, 0.25) is 11.6 Å². The number of primary amides is 2. The van der Waals surface area contributed by atoms with Crippen LogP contribution < -0.4 is 16.8 Å². The number of rotatable bonds is 5. The molecule has 1 aliphatic heterocycles. The second-order valence-electron chi connectivity index (χ2n) is 10.5. The molecular formula is C30H41N3O10. The summed E-state index contributed by atoms with van der Waals surface area (Å²) in [6, 6.07) is 0. The van der Waals surface area contributed by atoms with Gasteiger partial charge < -0.3 is 40.5 Å². The zero-order valence-corrected chi connectivity index (χ0v) is 25.5. The summed E-state index contributed by atoms with van der Waals surface area (Å²) in [6.45, 7) is 6.81. The summed E-state index contributed by atoms with van der Waals surface area (Å²) in [5, 5.41) is 2.51. The molecule has 13 nitrogen and oxygen atoms in total. The van der Waals surface area contributed by atoms with Crippen LogP contribution in [0, 0.1) is 11.8 Å². The SMILES string of the molecule is COC1=C2C[C@@H](C)C[C@H](OC)[C@H](OC(N)=O)[C@@H](C)/C=C(\C)[C@H](OC(N)=O)[C@@H](OC)/C=C\C=C(/C)C(=O)NC(=CC1=O)C2=O. The minimum absolute atomic E-state index is 0.0922. The molecule has 0 saturated carbocycles. The van der Waals surface area contributed by atoms with Gasteiger partial charge in [0.1, 0.15) is 12.2 Å². The van der Waals surface area contributed by atoms with Crippen molar-refractivity contribution in [1.29, 1.82) is 0 Å². The highest BCUT2D eigenvalue weighted by Crippen LogP contribution is 2.30. The van der Waals surface area contributed by atoms with Crippen molar-refractivity contribution in [2.45, 2.75) is 65.0 Å². The van der Waals surface area contributed by atoms with Gasteiger partial charge in [-0.25, -0.2) is 9.59 Å². The number of carbonyl (C=O) groups is 5. The number of carbonyl (C=O) groups excluding carboxylic acids is 5. The second kappa shape index (κ2) is 15.8. The molecule has 1 heterocycles. The molecule has 2 rings (SSSR count). The molecule has 13 heteroatoms. The molecule has 0 aromatic rings. The Morgan fingerprint density at radius 1 is 0.977 bits per heavy atom. The van der Waals surface area contributed by atoms with E-state index < -0.39 is 60.0 Å². The third kappa shape index (κ3) is 9.38. The van der Waals surface area contributed by atoms with E-state index in [9.17, 15) is 24.0 Å². The molecule has 1 aliphatic carbocycles. The first kappa shape index (κ1) is 35.0. The number of amides is 3. The quantitative estimate of drug-likeness (QED) is 0.310. The number of fused-ring (bicyclic) bond motifs is 2. The van der Waals surface area contributed by atoms with Gasteiger partial charge in [-0.05, 0) is 38.2 Å². The molecule has 2 bridgehead atoms. The summed E-state index contributed by atoms with van der Waals surface area (Å²) in [5.41, 5.74) is 11.4. The summed E-state index contributed by atoms with van der Waals surface area (Å²) in [7, 11) is 4.14. The lowest BCUT2D eigenvalue weighted by Gasteiger charge is -2.32. The summed E-state index contributed by atoms with van der Waals surface area (Å²) >= 11 is 0. The fourth-order valence-corrected chi connectivity index (χ4v) is 5.09. The van der Waals surface area contributed by atoms with Gasteiger partial charge in [-0.3, -0.25) is 14.4 Å². The van der Waals surface area contributed by atoms with Crippen LogP contribution in [0.3, 0.4) is 0 Å². The Hall–Kier alpha value is -4.23. The largest absolute Gasteiger partial charge is 0.492 e. The molecule has 5 N–H and O–H groups in total. The van der Waals surface area contributed by atoms with Gasteiger partial charge in [-0.1, -0.05) is 38.2 Å². The van der Waals surface area contributed by atoms with E-state index in [2.05, 4.69) is 5.32 Å². The zero-order valence-electron chi connectivity index (χ0n) is 25.5. The highest BCUT2D eigenvalue weighted by atomic mass is 16.6. The Bertz CT molecular complexity index is 1260. The number of ether oxygens (including phenoxy) is 5. The first-order valence-corrected chi connectivity index (χ1v) is 13.6. The number of hydrogen-bond acceptors (Lipinski definition) is 10. The normalized spacial score (nSPS) is 31.0. The Morgan fingerprint density at radius 3 is 2.19 bits per heavy atom. The number of nitrogens with one attached hydrogen (secondary N) is 1. The first-order chi connectivity index (χ1) is 20.2. The summed E-state index contributed by atoms with van der Waals surface area (Å²) in [4.78, 5) is 62.9. The van der Waals surface area contributed by atoms with Crippen LogP contribution in [0.1, 0.15) is 40.5 Å². The molecule has 2 aliphatic rings. The second-order valence-corrected chi connectivity index (χ2v) is 10.5. The number of Topliss-reactive ketones (excluding diaryl/α,β-unsaturated/α-hetero) is 1. The van der Waals surface area contributed by atoms with E-state index >= 15 is 0 Å². The lowest BCUT2D eigenvalue weighted by atomic mass is 9.85. The van der Waals surface area contributed by atoms with E-state index in [0.717, 1.165) is 6.08 Å². The van der Waals surface area contributed by atoms with Crippen LogP contribution in [-0.4, -0.2) is 75.4 Å². The average Bonchev–Trinajstić information content (AvgIpc) is 2.93. The van der Waals surface area contributed by atoms with Crippen molar-refractivity contribution in [2.75, 3.05) is 21.3 Å². The van der Waals surface area contributed by atoms with E-state index in [1.165, 1.54) is 40.4 Å². The molecule has 0 fully saturated rings. The van der Waals surface area contributed by atoms with E-state index in [-0.39, 0.29) is 41.4 Å². The van der Waals surface area contributed by atoms with Crippen LogP contribution in [0.5, 0.6) is 0 Å². The van der Waals surface area contributed by atoms with E-state index in [4.69, 9.17) is 35.2 Å². The smallest absolute Gasteiger partial charge is 0.405 e. The third-order valence-electron chi connectivity index (χ3n) is 7.16. The van der Waals surface area contributed by atoms with E-state index in [0.29, 0.717) is 5.57 Å². The number of ketones is 2. The number of methoxy groups -OCH3 is 3. The molecular weight excluding hydrogens is 562 g/mol. The molecule has 3 amide bonds. The number of hydrogen-bond donors (Lipinski definition) is 3. The van der Waals surface area contributed by atoms with Gasteiger partial charge in [0.15, 0.2) is 11.9 Å². The Morgan fingerprint density at radius 2 is 1.63 bits per heavy atom. The summed E-state index contributed by atoms with van der Waals surface area (Å²) in [6.07, 6.45) is 2.17. The Kier molecular flexibility index (Phi) is 12.9. The molecule has 0 aromatic carbocycles. The summed E-state index contributed by atoms with van der Waals surface area (Å²) < 4.78 is 27.4. The molecule has 0 radical (unpaired) electrons. The standard InChI is InChI=1S/C30H41N3O10/c1-15-11-19-24(35)20(14-21(34)27(19)41-7)33-28(36)16(2)9-8-10-22(39-5)25(42-29(31)37)17(3)13-18(4)26(43-30(32)38)23(12-15)40-6/h8-10,13-15,18,22-23,25-26H,11-12H2,1-7H3,(H2,31,37)(H2,32,38)(H,33,36)/b10-8-,16-9+,17-13+/t15-,18+,22+,23+,25+,26-/m1/s1. The maximum absolute atomic E-state index is 13.4. The number of allylic oxidation sites excluding steroid dienone is 4. The molecule has 0 unspecified atom stereocenters. The molecule has 0 saturated heterocycles. The van der Waals surface area contributed by atoms with Gasteiger partial charge in [-0.15, -0.1) is 0 Å². The minimum Gasteiger partial charge on any atom is -0.492 e. The van der Waals surface area contributed by atoms with Crippen molar-refractivity contribution in [1.82, 2.24) is 5.32 Å². The van der Waals surface area contributed by atoms with Gasteiger partial charge in [-0.2, -0.15) is 0 Å². The Labute approximate surface area is 250 Å². The van der Waals surface area contributed by atoms with Gasteiger partial charge >= 0.3 is 12.2 Å².